The summed E-state index contributed by atoms with van der Waals surface area (Å²) in [4.78, 5) is 70.1. The average molecular weight is 1740 g/mol. The highest BCUT2D eigenvalue weighted by Crippen LogP contribution is 2.29. The van der Waals surface area contributed by atoms with Crippen molar-refractivity contribution in [2.45, 2.75) is 303 Å². The third-order valence-corrected chi connectivity index (χ3v) is 18.2. The van der Waals surface area contributed by atoms with E-state index in [0.717, 1.165) is 31.2 Å². The molecule has 0 aromatic heterocycles. The van der Waals surface area contributed by atoms with Gasteiger partial charge in [-0.25, -0.2) is 14.4 Å². The van der Waals surface area contributed by atoms with Crippen molar-refractivity contribution in [2.75, 3.05) is 44.9 Å². The van der Waals surface area contributed by atoms with Gasteiger partial charge in [0, 0.05) is 11.8 Å². The number of aliphatic hydroxyl groups is 2. The summed E-state index contributed by atoms with van der Waals surface area (Å²) < 4.78 is 24.9. The second kappa shape index (κ2) is 76.6. The molecule has 0 aliphatic heterocycles. The summed E-state index contributed by atoms with van der Waals surface area (Å²) in [5.41, 5.74) is 3.88. The van der Waals surface area contributed by atoms with Gasteiger partial charge in [-0.15, -0.1) is 0 Å². The van der Waals surface area contributed by atoms with Gasteiger partial charge in [-0.1, -0.05) is 253 Å². The number of urea groups is 1. The molecule has 11 N–H and O–H groups in total. The maximum absolute atomic E-state index is 11.7. The maximum atomic E-state index is 11.7. The minimum Gasteiger partial charge on any atom is -0.508 e. The van der Waals surface area contributed by atoms with Crippen LogP contribution < -0.4 is 10.6 Å². The Kier molecular flexibility index (Phi) is 89.8. The number of phenols is 7. The van der Waals surface area contributed by atoms with Crippen LogP contribution in [0.5, 0.6) is 40.2 Å². The zero-order valence-corrected chi connectivity index (χ0v) is 66.8. The van der Waals surface area contributed by atoms with Gasteiger partial charge in [0.2, 0.25) is 0 Å². The molecule has 0 aliphatic rings. The van der Waals surface area contributed by atoms with Crippen molar-refractivity contribution in [3.8, 4) is 40.2 Å². The fourth-order valence-corrected chi connectivity index (χ4v) is 8.54. The van der Waals surface area contributed by atoms with Crippen LogP contribution in [0.25, 0.3) is 0 Å². The summed E-state index contributed by atoms with van der Waals surface area (Å²) in [6.45, 7) is 32.8. The number of anilines is 1. The average Bonchev–Trinajstić information content (AvgIpc) is 0.867. The molecule has 0 saturated heterocycles. The van der Waals surface area contributed by atoms with Crippen LogP contribution in [0.3, 0.4) is 0 Å². The van der Waals surface area contributed by atoms with E-state index in [1.54, 1.807) is 88.4 Å². The number of ether oxygens (including phenoxy) is 5. The van der Waals surface area contributed by atoms with Crippen LogP contribution in [0, 0.1) is 16.2 Å². The third kappa shape index (κ3) is 58.4. The highest BCUT2D eigenvalue weighted by Gasteiger charge is 2.30. The summed E-state index contributed by atoms with van der Waals surface area (Å²) in [5.74, 6) is 1.10. The van der Waals surface area contributed by atoms with Gasteiger partial charge in [0.25, 0.3) is 0 Å². The minimum absolute atomic E-state index is 0. The lowest BCUT2D eigenvalue weighted by molar-refractivity contribution is -0.158. The van der Waals surface area contributed by atoms with Crippen molar-refractivity contribution in [3.05, 3.63) is 203 Å². The molecule has 0 fully saturated rings. The quantitative estimate of drug-likeness (QED) is 0.0123. The number of rotatable bonds is 28. The lowest BCUT2D eigenvalue weighted by Crippen LogP contribution is -2.34. The summed E-state index contributed by atoms with van der Waals surface area (Å²) in [6, 6.07) is 47.1. The number of esters is 5. The SMILES string of the molecule is C.C.C.C.C.C.C.C.C.C.C.C.C.C.CCC(C)(C)C(=O)OCC(O)COC(=O)c1ccc(O)cc1.CCC(C)(C)C(=O)OCC(O)COC(=O)c1ccccc1O.CCC(C)(C)C(=O)OCCNC(=O)Nc1cccc(O)c1.CCC(C)c1ccc(O)cc1.CCC(C)c1ccc(O)cc1.CCC(C)c1cccc(O)c1.CCC(C)c1ccccc1O. The first kappa shape index (κ1) is 144. The summed E-state index contributed by atoms with van der Waals surface area (Å²) in [7, 11) is 0. The highest BCUT2D eigenvalue weighted by molar-refractivity contribution is 5.92. The number of hydrogen-bond donors (Lipinski definition) is 11. The summed E-state index contributed by atoms with van der Waals surface area (Å²) >= 11 is 0. The molecule has 0 bridgehead atoms. The van der Waals surface area contributed by atoms with Gasteiger partial charge < -0.3 is 80.3 Å². The van der Waals surface area contributed by atoms with E-state index in [1.807, 2.05) is 95.3 Å². The standard InChI is InChI=1S/2C16H22O6.C15H22N2O4.4C10H14O.14CH4/c1-4-16(2,3)15(20)22-10-13(18)9-21-14(19)11-5-7-12(17)8-6-11;1-4-16(2,3)15(20)22-10-11(17)9-21-14(19)12-7-5-6-8-13(12)18;1-4-15(2,3)13(19)21-9-8-16-14(20)17-11-6-5-7-12(18)10-11;2*1-3-8(2)9-4-6-10(11)7-5-9;1-3-8(2)9-5-4-6-10(11)7-9;1-3-8(2)9-6-4-5-7-10(9)11;;;;;;;;;;;;;;/h5-8,13,17-18H,4,9-10H2,1-3H3;5-8,11,17-18H,4,9-10H2,1-3H3;5-7,10,18H,4,8-9H2,1-3H3,(H2,16,17,20);4*4-8,11H,3H2,1-2H3;14*1H4. The molecule has 123 heavy (non-hydrogen) atoms. The van der Waals surface area contributed by atoms with Crippen LogP contribution in [0.1, 0.15) is 333 Å². The van der Waals surface area contributed by atoms with Gasteiger partial charge >= 0.3 is 35.9 Å². The Labute approximate surface area is 748 Å². The van der Waals surface area contributed by atoms with Crippen LogP contribution >= 0.6 is 0 Å². The number of benzene rings is 7. The van der Waals surface area contributed by atoms with Gasteiger partial charge in [-0.3, -0.25) is 14.4 Å². The van der Waals surface area contributed by atoms with Crippen molar-refractivity contribution >= 4 is 41.6 Å². The maximum Gasteiger partial charge on any atom is 0.342 e. The predicted octanol–water partition coefficient (Wildman–Crippen LogP) is 26.8. The van der Waals surface area contributed by atoms with E-state index in [-0.39, 0.29) is 178 Å². The van der Waals surface area contributed by atoms with Crippen LogP contribution in [0.4, 0.5) is 10.5 Å². The molecule has 0 saturated carbocycles. The molecular formula is C101H178N2O20. The van der Waals surface area contributed by atoms with E-state index in [2.05, 4.69) is 66.0 Å². The number of phenolic OH excluding ortho intramolecular Hbond substituents is 7. The summed E-state index contributed by atoms with van der Waals surface area (Å²) in [5, 5.41) is 89.0. The first-order valence-corrected chi connectivity index (χ1v) is 37.1. The van der Waals surface area contributed by atoms with Gasteiger partial charge in [0.15, 0.2) is 0 Å². The molecule has 2 amide bonds. The van der Waals surface area contributed by atoms with Crippen LogP contribution in [0.2, 0.25) is 0 Å². The number of para-hydroxylation sites is 2. The number of aromatic hydroxyl groups is 7. The Bertz CT molecular complexity index is 3720. The number of nitrogens with one attached hydrogen (secondary N) is 2. The Morgan fingerprint density at radius 1 is 0.341 bits per heavy atom. The van der Waals surface area contributed by atoms with E-state index in [0.29, 0.717) is 71.6 Å². The predicted molar refractivity (Wildman–Crippen MR) is 520 cm³/mol. The van der Waals surface area contributed by atoms with E-state index in [1.165, 1.54) is 65.2 Å². The zero-order valence-electron chi connectivity index (χ0n) is 66.8. The monoisotopic (exact) mass is 1740 g/mol. The number of aliphatic hydroxyl groups excluding tert-OH is 2. The first-order valence-electron chi connectivity index (χ1n) is 37.1. The van der Waals surface area contributed by atoms with Crippen LogP contribution in [-0.4, -0.2) is 134 Å². The highest BCUT2D eigenvalue weighted by atomic mass is 16.6. The molecule has 6 unspecified atom stereocenters. The molecule has 712 valence electrons. The normalized spacial score (nSPS) is 11.0. The Balaban J connectivity index is -0.0000000940. The molecule has 7 aromatic rings. The second-order valence-corrected chi connectivity index (χ2v) is 28.1. The molecule has 22 nitrogen and oxygen atoms in total. The molecular weight excluding hydrogens is 1560 g/mol. The van der Waals surface area contributed by atoms with Crippen molar-refractivity contribution in [1.29, 1.82) is 0 Å². The molecule has 0 heterocycles. The third-order valence-electron chi connectivity index (χ3n) is 18.2. The number of carbonyl (C=O) groups excluding carboxylic acids is 6. The van der Waals surface area contributed by atoms with E-state index < -0.39 is 58.4 Å². The topological polar surface area (TPSA) is 355 Å². The van der Waals surface area contributed by atoms with Gasteiger partial charge in [0.05, 0.1) is 28.4 Å². The molecule has 0 radical (unpaired) electrons. The van der Waals surface area contributed by atoms with E-state index in [4.69, 9.17) is 44.1 Å². The Morgan fingerprint density at radius 3 is 1.04 bits per heavy atom. The Hall–Kier alpha value is -10.3. The zero-order chi connectivity index (χ0) is 82.5. The van der Waals surface area contributed by atoms with Gasteiger partial charge in [-0.2, -0.15) is 0 Å². The van der Waals surface area contributed by atoms with E-state index in [9.17, 15) is 54.3 Å². The fourth-order valence-electron chi connectivity index (χ4n) is 8.54. The number of carbonyl (C=O) groups is 6. The molecule has 7 rings (SSSR count). The number of amides is 2. The lowest BCUT2D eigenvalue weighted by Gasteiger charge is -2.21. The summed E-state index contributed by atoms with van der Waals surface area (Å²) in [6.07, 6.45) is 4.19. The molecule has 0 aliphatic carbocycles. The first-order chi connectivity index (χ1) is 51.3. The molecule has 6 atom stereocenters. The number of hydrogen-bond acceptors (Lipinski definition) is 20. The minimum atomic E-state index is -1.12. The molecule has 22 heteroatoms. The molecule has 0 spiro atoms. The van der Waals surface area contributed by atoms with Crippen molar-refractivity contribution in [3.63, 3.8) is 0 Å². The van der Waals surface area contributed by atoms with Crippen LogP contribution in [-0.2, 0) is 38.1 Å². The Morgan fingerprint density at radius 2 is 0.675 bits per heavy atom. The largest absolute Gasteiger partial charge is 0.508 e. The van der Waals surface area contributed by atoms with Crippen molar-refractivity contribution in [2.24, 2.45) is 16.2 Å². The smallest absolute Gasteiger partial charge is 0.342 e. The lowest BCUT2D eigenvalue weighted by atomic mass is 9.91. The molecule has 7 aromatic carbocycles. The fraction of sp³-hybridized carbons (Fsp3) is 0.525. The van der Waals surface area contributed by atoms with Gasteiger partial charge in [0.1, 0.15) is 91.1 Å². The van der Waals surface area contributed by atoms with E-state index >= 15 is 0 Å². The second-order valence-electron chi connectivity index (χ2n) is 28.1. The van der Waals surface area contributed by atoms with Gasteiger partial charge in [-0.05, 0) is 223 Å². The van der Waals surface area contributed by atoms with Crippen molar-refractivity contribution < 1.29 is 98.4 Å². The van der Waals surface area contributed by atoms with Crippen molar-refractivity contribution in [1.82, 2.24) is 5.32 Å². The van der Waals surface area contributed by atoms with Crippen LogP contribution in [0.15, 0.2) is 170 Å².